The summed E-state index contributed by atoms with van der Waals surface area (Å²) in [4.78, 5) is 113. The van der Waals surface area contributed by atoms with Crippen LogP contribution in [0, 0.1) is 0 Å². The van der Waals surface area contributed by atoms with Crippen LogP contribution < -0.4 is 10.6 Å². The summed E-state index contributed by atoms with van der Waals surface area (Å²) in [6.45, 7) is 38.2. The molecule has 5 N–H and O–H groups in total. The van der Waals surface area contributed by atoms with Crippen LogP contribution in [0.1, 0.15) is 48.0 Å². The van der Waals surface area contributed by atoms with Gasteiger partial charge in [-0.05, 0) is 32.9 Å². The average molecular weight is 881 g/mol. The first-order valence-corrected chi connectivity index (χ1v) is 17.0. The van der Waals surface area contributed by atoms with Gasteiger partial charge in [0, 0.05) is 55.2 Å². The lowest BCUT2D eigenvalue weighted by molar-refractivity contribution is -0.263. The molecule has 0 aromatic rings. The highest BCUT2D eigenvalue weighted by atomic mass is 17.2. The number of ether oxygens (including phenoxy) is 4. The number of rotatable bonds is 20. The van der Waals surface area contributed by atoms with Crippen LogP contribution in [0.3, 0.4) is 0 Å². The van der Waals surface area contributed by atoms with E-state index in [1.807, 2.05) is 10.6 Å². The van der Waals surface area contributed by atoms with Crippen molar-refractivity contribution in [3.05, 3.63) is 125 Å². The minimum Gasteiger partial charge on any atom is -0.478 e. The molecular weight excluding hydrogens is 824 g/mol. The predicted octanol–water partition coefficient (Wildman–Crippen LogP) is 3.88. The van der Waals surface area contributed by atoms with E-state index < -0.39 is 78.3 Å². The third-order valence-electron chi connectivity index (χ3n) is 4.75. The Labute approximate surface area is 359 Å². The number of hydrogen-bond acceptors (Lipinski definition) is 16. The summed E-state index contributed by atoms with van der Waals surface area (Å²) in [6.07, 6.45) is 6.74. The van der Waals surface area contributed by atoms with Gasteiger partial charge in [-0.1, -0.05) is 84.4 Å². The zero-order chi connectivity index (χ0) is 50.0. The Balaban J connectivity index is -0.000000157. The van der Waals surface area contributed by atoms with Gasteiger partial charge in [-0.25, -0.2) is 38.4 Å². The summed E-state index contributed by atoms with van der Waals surface area (Å²) in [5.41, 5.74) is 0.682. The number of carboxylic acid groups (broad SMARTS) is 3. The van der Waals surface area contributed by atoms with E-state index in [9.17, 15) is 47.9 Å². The van der Waals surface area contributed by atoms with Crippen molar-refractivity contribution < 1.29 is 92.0 Å². The zero-order valence-corrected chi connectivity index (χ0v) is 35.5. The van der Waals surface area contributed by atoms with Gasteiger partial charge in [0.25, 0.3) is 0 Å². The molecule has 0 saturated carbocycles. The molecule has 0 bridgehead atoms. The standard InChI is InChI=1S/C10H14O4.C9H12O4.C8H10N2O4.C7H10O3.C4H6O2.C3H4O2/c1-6(2)9(11)13-8(5)14-10(12)7(3)4;1-4-7(10)12-9(6-3)13-8(11)5-2;1-3-5(11)9-7(8(13)14)10-6(12)4-2;1-3-4-5-6-9-10-7(2)8;1-3(2)4(5)6;1-2-3(4)5/h8H,1,3H2,2,4-5H3;4-5,9H,1-2,6H2,3H3;3-4,7H,1-2H2,(H,9,11)(H,10,12)(H,13,14);3-5H,1,6H2,2H3;1H2,2H3,(H,5,6);2H,1H2,(H,4,5). The van der Waals surface area contributed by atoms with Crippen LogP contribution in [0.15, 0.2) is 125 Å². The number of carbonyl (C=O) groups is 10. The molecule has 2 amide bonds. The lowest BCUT2D eigenvalue weighted by Crippen LogP contribution is -2.52. The van der Waals surface area contributed by atoms with Crippen molar-refractivity contribution in [2.24, 2.45) is 0 Å². The molecular formula is C41H56N2O19. The molecule has 0 aliphatic rings. The van der Waals surface area contributed by atoms with Crippen molar-refractivity contribution >= 4 is 59.6 Å². The molecule has 0 saturated heterocycles. The number of nitrogens with one attached hydrogen (secondary N) is 2. The monoisotopic (exact) mass is 880 g/mol. The number of carbonyl (C=O) groups excluding carboxylic acids is 7. The quantitative estimate of drug-likeness (QED) is 0.0220. The third-order valence-corrected chi connectivity index (χ3v) is 4.75. The Morgan fingerprint density at radius 1 is 0.613 bits per heavy atom. The van der Waals surface area contributed by atoms with Gasteiger partial charge in [-0.15, -0.1) is 0 Å². The highest BCUT2D eigenvalue weighted by molar-refractivity contribution is 5.94. The van der Waals surface area contributed by atoms with Crippen molar-refractivity contribution in [3.63, 3.8) is 0 Å². The molecule has 21 nitrogen and oxygen atoms in total. The Hall–Kier alpha value is -7.94. The maximum atomic E-state index is 11.0. The van der Waals surface area contributed by atoms with Crippen LogP contribution in [0.2, 0.25) is 0 Å². The van der Waals surface area contributed by atoms with Gasteiger partial charge in [0.1, 0.15) is 6.61 Å². The molecule has 21 heteroatoms. The maximum absolute atomic E-state index is 11.0. The smallest absolute Gasteiger partial charge is 0.347 e. The average Bonchev–Trinajstić information content (AvgIpc) is 3.20. The second-order valence-electron chi connectivity index (χ2n) is 10.4. The number of carboxylic acids is 3. The second-order valence-corrected chi connectivity index (χ2v) is 10.4. The van der Waals surface area contributed by atoms with Crippen LogP contribution in [0.4, 0.5) is 0 Å². The predicted molar refractivity (Wildman–Crippen MR) is 223 cm³/mol. The molecule has 0 aromatic heterocycles. The summed E-state index contributed by atoms with van der Waals surface area (Å²) in [5.74, 6) is -7.56. The first-order chi connectivity index (χ1) is 28.7. The van der Waals surface area contributed by atoms with E-state index in [1.54, 1.807) is 25.2 Å². The van der Waals surface area contributed by atoms with Gasteiger partial charge in [0.2, 0.25) is 30.6 Å². The van der Waals surface area contributed by atoms with E-state index in [-0.39, 0.29) is 23.3 Å². The van der Waals surface area contributed by atoms with Crippen LogP contribution in [-0.2, 0) is 76.7 Å². The van der Waals surface area contributed by atoms with Gasteiger partial charge in [-0.3, -0.25) is 14.5 Å². The van der Waals surface area contributed by atoms with E-state index in [2.05, 4.69) is 78.5 Å². The lowest BCUT2D eigenvalue weighted by atomic mass is 10.3. The molecule has 0 atom stereocenters. The van der Waals surface area contributed by atoms with Crippen LogP contribution in [-0.4, -0.2) is 100 Å². The van der Waals surface area contributed by atoms with Gasteiger partial charge >= 0.3 is 47.8 Å². The van der Waals surface area contributed by atoms with Gasteiger partial charge in [0.05, 0.1) is 0 Å². The van der Waals surface area contributed by atoms with Crippen LogP contribution in [0.25, 0.3) is 0 Å². The fourth-order valence-electron chi connectivity index (χ4n) is 1.94. The number of allylic oxidation sites excluding steroid dienone is 2. The van der Waals surface area contributed by atoms with E-state index in [4.69, 9.17) is 24.8 Å². The van der Waals surface area contributed by atoms with E-state index >= 15 is 0 Å². The van der Waals surface area contributed by atoms with Gasteiger partial charge in [-0.2, -0.15) is 4.89 Å². The molecule has 0 fully saturated rings. The number of aliphatic carboxylic acids is 3. The van der Waals surface area contributed by atoms with Crippen molar-refractivity contribution in [3.8, 4) is 0 Å². The largest absolute Gasteiger partial charge is 0.478 e. The number of amides is 2. The normalized spacial score (nSPS) is 8.85. The summed E-state index contributed by atoms with van der Waals surface area (Å²) < 4.78 is 18.8. The third kappa shape index (κ3) is 52.1. The highest BCUT2D eigenvalue weighted by Crippen LogP contribution is 2.03. The minimum atomic E-state index is -1.48. The Kier molecular flexibility index (Phi) is 45.3. The maximum Gasteiger partial charge on any atom is 0.347 e. The van der Waals surface area contributed by atoms with Gasteiger partial charge in [0.15, 0.2) is 0 Å². The molecule has 0 spiro atoms. The first-order valence-electron chi connectivity index (χ1n) is 17.0. The SMILES string of the molecule is C=C(C)C(=O)O.C=C(C)C(=O)OC(C)OC(=O)C(=C)C.C=CC(=O)NC(NC(=O)C=C)C(=O)O.C=CC(=O)O.C=CC(=O)OC(CC)OC(=O)C=C.C=CC=CCOOC(C)=O. The minimum absolute atomic E-state index is 0.176. The molecule has 0 rings (SSSR count). The van der Waals surface area contributed by atoms with Crippen molar-refractivity contribution in [1.82, 2.24) is 10.6 Å². The van der Waals surface area contributed by atoms with Crippen LogP contribution in [0.5, 0.6) is 0 Å². The van der Waals surface area contributed by atoms with Crippen LogP contribution >= 0.6 is 0 Å². The summed E-state index contributed by atoms with van der Waals surface area (Å²) >= 11 is 0. The highest BCUT2D eigenvalue weighted by Gasteiger charge is 2.19. The Morgan fingerprint density at radius 2 is 0.984 bits per heavy atom. The Bertz CT molecular complexity index is 1570. The van der Waals surface area contributed by atoms with E-state index in [0.717, 1.165) is 30.4 Å². The fraction of sp³-hybridized carbons (Fsp3) is 0.268. The first kappa shape index (κ1) is 65.9. The topological polar surface area (TPSA) is 311 Å². The number of hydrogen-bond donors (Lipinski definition) is 5. The molecule has 0 unspecified atom stereocenters. The van der Waals surface area contributed by atoms with E-state index in [1.165, 1.54) is 34.6 Å². The van der Waals surface area contributed by atoms with Gasteiger partial charge < -0.3 is 44.9 Å². The zero-order valence-electron chi connectivity index (χ0n) is 35.5. The number of esters is 4. The van der Waals surface area contributed by atoms with Crippen molar-refractivity contribution in [2.45, 2.75) is 66.7 Å². The summed E-state index contributed by atoms with van der Waals surface area (Å²) in [6, 6.07) is 0. The van der Waals surface area contributed by atoms with Crippen molar-refractivity contribution in [2.75, 3.05) is 6.61 Å². The summed E-state index contributed by atoms with van der Waals surface area (Å²) in [7, 11) is 0. The molecule has 62 heavy (non-hydrogen) atoms. The molecule has 0 radical (unpaired) electrons. The molecule has 0 aliphatic carbocycles. The molecule has 0 aromatic carbocycles. The van der Waals surface area contributed by atoms with Crippen molar-refractivity contribution in [1.29, 1.82) is 0 Å². The Morgan fingerprint density at radius 3 is 1.21 bits per heavy atom. The molecule has 0 heterocycles. The van der Waals surface area contributed by atoms with E-state index in [0.29, 0.717) is 6.42 Å². The molecule has 344 valence electrons. The fourth-order valence-corrected chi connectivity index (χ4v) is 1.94. The second kappa shape index (κ2) is 42.7. The molecule has 0 aliphatic heterocycles. The summed E-state index contributed by atoms with van der Waals surface area (Å²) in [5, 5.41) is 28.0. The lowest BCUT2D eigenvalue weighted by Gasteiger charge is -2.14.